The molecule has 7 heteroatoms. The van der Waals surface area contributed by atoms with E-state index in [1.807, 2.05) is 18.2 Å². The van der Waals surface area contributed by atoms with Crippen LogP contribution in [-0.4, -0.2) is 41.1 Å². The van der Waals surface area contributed by atoms with Crippen molar-refractivity contribution in [3.63, 3.8) is 0 Å². The maximum atomic E-state index is 13.5. The first-order valence-electron chi connectivity index (χ1n) is 8.80. The van der Waals surface area contributed by atoms with Gasteiger partial charge < -0.3 is 15.0 Å². The van der Waals surface area contributed by atoms with Crippen LogP contribution in [0.25, 0.3) is 10.9 Å². The van der Waals surface area contributed by atoms with Gasteiger partial charge in [-0.3, -0.25) is 0 Å². The highest BCUT2D eigenvalue weighted by molar-refractivity contribution is 5.95. The van der Waals surface area contributed by atoms with E-state index in [0.29, 0.717) is 11.5 Å². The summed E-state index contributed by atoms with van der Waals surface area (Å²) in [7, 11) is 2.13. The minimum absolute atomic E-state index is 0. The van der Waals surface area contributed by atoms with Crippen LogP contribution in [0.4, 0.5) is 15.9 Å². The summed E-state index contributed by atoms with van der Waals surface area (Å²) in [6.07, 6.45) is 3.67. The molecule has 142 valence electrons. The number of benzene rings is 2. The van der Waals surface area contributed by atoms with Crippen LogP contribution in [0.3, 0.4) is 0 Å². The maximum absolute atomic E-state index is 13.5. The van der Waals surface area contributed by atoms with E-state index < -0.39 is 0 Å². The Morgan fingerprint density at radius 1 is 1.11 bits per heavy atom. The first kappa shape index (κ1) is 19.3. The van der Waals surface area contributed by atoms with Crippen molar-refractivity contribution in [2.75, 3.05) is 25.5 Å². The molecule has 0 aliphatic carbocycles. The molecule has 4 rings (SSSR count). The van der Waals surface area contributed by atoms with Crippen molar-refractivity contribution in [1.82, 2.24) is 14.9 Å². The lowest BCUT2D eigenvalue weighted by Gasteiger charge is -2.29. The van der Waals surface area contributed by atoms with Crippen molar-refractivity contribution in [2.24, 2.45) is 0 Å². The summed E-state index contributed by atoms with van der Waals surface area (Å²) in [4.78, 5) is 11.0. The number of ether oxygens (including phenoxy) is 1. The number of fused-ring (bicyclic) bond motifs is 1. The average Bonchev–Trinajstić information content (AvgIpc) is 2.64. The molecule has 0 spiro atoms. The smallest absolute Gasteiger partial charge is 0.145 e. The Morgan fingerprint density at radius 2 is 1.89 bits per heavy atom. The number of nitrogens with one attached hydrogen (secondary N) is 1. The summed E-state index contributed by atoms with van der Waals surface area (Å²) >= 11 is 0. The number of aromatic nitrogens is 2. The number of halogens is 2. The van der Waals surface area contributed by atoms with Gasteiger partial charge in [-0.15, -0.1) is 12.4 Å². The summed E-state index contributed by atoms with van der Waals surface area (Å²) in [6.45, 7) is 2.06. The molecule has 1 aromatic heterocycles. The Morgan fingerprint density at radius 3 is 2.67 bits per heavy atom. The zero-order chi connectivity index (χ0) is 17.9. The monoisotopic (exact) mass is 388 g/mol. The third-order valence-corrected chi connectivity index (χ3v) is 4.67. The molecule has 1 N–H and O–H groups in total. The van der Waals surface area contributed by atoms with E-state index >= 15 is 0 Å². The van der Waals surface area contributed by atoms with E-state index in [1.165, 1.54) is 18.5 Å². The molecule has 3 aromatic rings. The van der Waals surface area contributed by atoms with E-state index in [0.717, 1.165) is 42.6 Å². The topological polar surface area (TPSA) is 50.3 Å². The quantitative estimate of drug-likeness (QED) is 0.717. The van der Waals surface area contributed by atoms with Gasteiger partial charge in [0, 0.05) is 18.8 Å². The van der Waals surface area contributed by atoms with Crippen molar-refractivity contribution < 1.29 is 9.13 Å². The first-order valence-corrected chi connectivity index (χ1v) is 8.80. The highest BCUT2D eigenvalue weighted by atomic mass is 35.5. The van der Waals surface area contributed by atoms with E-state index in [1.54, 1.807) is 12.1 Å². The zero-order valence-electron chi connectivity index (χ0n) is 15.1. The maximum Gasteiger partial charge on any atom is 0.145 e. The Hall–Kier alpha value is -2.44. The predicted molar refractivity (Wildman–Crippen MR) is 108 cm³/mol. The van der Waals surface area contributed by atoms with Gasteiger partial charge in [-0.1, -0.05) is 12.1 Å². The van der Waals surface area contributed by atoms with E-state index in [2.05, 4.69) is 27.2 Å². The molecule has 1 saturated heterocycles. The van der Waals surface area contributed by atoms with Crippen LogP contribution in [0, 0.1) is 5.82 Å². The largest absolute Gasteiger partial charge is 0.489 e. The van der Waals surface area contributed by atoms with Crippen LogP contribution in [0.5, 0.6) is 5.75 Å². The van der Waals surface area contributed by atoms with Gasteiger partial charge in [-0.25, -0.2) is 14.4 Å². The van der Waals surface area contributed by atoms with Crippen molar-refractivity contribution in [2.45, 2.75) is 18.9 Å². The number of nitrogens with zero attached hydrogens (tertiary/aromatic N) is 3. The SMILES string of the molecule is CN1CCC(Oc2cccc3ncnc(Nc4cccc(F)c4)c23)CC1.Cl. The first-order chi connectivity index (χ1) is 12.7. The molecule has 5 nitrogen and oxygen atoms in total. The summed E-state index contributed by atoms with van der Waals surface area (Å²) in [5.74, 6) is 1.08. The van der Waals surface area contributed by atoms with Gasteiger partial charge in [-0.05, 0) is 50.2 Å². The van der Waals surface area contributed by atoms with Crippen molar-refractivity contribution in [1.29, 1.82) is 0 Å². The second kappa shape index (κ2) is 8.50. The van der Waals surface area contributed by atoms with Crippen molar-refractivity contribution >= 4 is 34.8 Å². The molecule has 1 aliphatic rings. The molecule has 0 saturated carbocycles. The lowest BCUT2D eigenvalue weighted by molar-refractivity contribution is 0.116. The van der Waals surface area contributed by atoms with Gasteiger partial charge in [-0.2, -0.15) is 0 Å². The molecule has 2 heterocycles. The van der Waals surface area contributed by atoms with Gasteiger partial charge >= 0.3 is 0 Å². The molecule has 0 amide bonds. The summed E-state index contributed by atoms with van der Waals surface area (Å²) in [5.41, 5.74) is 1.43. The van der Waals surface area contributed by atoms with Crippen LogP contribution in [-0.2, 0) is 0 Å². The van der Waals surface area contributed by atoms with Crippen LogP contribution >= 0.6 is 12.4 Å². The minimum Gasteiger partial charge on any atom is -0.489 e. The van der Waals surface area contributed by atoms with Gasteiger partial charge in [0.05, 0.1) is 10.9 Å². The summed E-state index contributed by atoms with van der Waals surface area (Å²) < 4.78 is 19.8. The molecule has 2 aromatic carbocycles. The second-order valence-electron chi connectivity index (χ2n) is 6.63. The standard InChI is InChI=1S/C20H21FN4O.ClH/c1-25-10-8-16(9-11-25)26-18-7-3-6-17-19(18)20(23-13-22-17)24-15-5-2-4-14(21)12-15;/h2-7,12-13,16H,8-11H2,1H3,(H,22,23,24);1H. The number of hydrogen-bond donors (Lipinski definition) is 1. The normalized spacial score (nSPS) is 15.3. The number of likely N-dealkylation sites (tertiary alicyclic amines) is 1. The molecule has 1 fully saturated rings. The van der Waals surface area contributed by atoms with Gasteiger partial charge in [0.15, 0.2) is 0 Å². The third kappa shape index (κ3) is 4.46. The second-order valence-corrected chi connectivity index (χ2v) is 6.63. The number of anilines is 2. The van der Waals surface area contributed by atoms with E-state index in [9.17, 15) is 4.39 Å². The lowest BCUT2D eigenvalue weighted by atomic mass is 10.1. The third-order valence-electron chi connectivity index (χ3n) is 4.67. The Bertz CT molecular complexity index is 910. The Labute approximate surface area is 164 Å². The molecular weight excluding hydrogens is 367 g/mol. The van der Waals surface area contributed by atoms with Crippen LogP contribution in [0.2, 0.25) is 0 Å². The molecule has 0 atom stereocenters. The van der Waals surface area contributed by atoms with E-state index in [-0.39, 0.29) is 24.3 Å². The Kier molecular flexibility index (Phi) is 6.08. The predicted octanol–water partition coefficient (Wildman–Crippen LogP) is 4.41. The number of piperidine rings is 1. The fourth-order valence-corrected chi connectivity index (χ4v) is 3.26. The van der Waals surface area contributed by atoms with Gasteiger partial charge in [0.2, 0.25) is 0 Å². The molecule has 1 aliphatic heterocycles. The lowest BCUT2D eigenvalue weighted by Crippen LogP contribution is -2.35. The Balaban J connectivity index is 0.00000210. The van der Waals surface area contributed by atoms with Crippen LogP contribution < -0.4 is 10.1 Å². The molecular formula is C20H22ClFN4O. The molecule has 0 bridgehead atoms. The highest BCUT2D eigenvalue weighted by Gasteiger charge is 2.20. The fourth-order valence-electron chi connectivity index (χ4n) is 3.26. The van der Waals surface area contributed by atoms with Crippen LogP contribution in [0.1, 0.15) is 12.8 Å². The summed E-state index contributed by atoms with van der Waals surface area (Å²) in [6, 6.07) is 12.1. The highest BCUT2D eigenvalue weighted by Crippen LogP contribution is 2.33. The number of hydrogen-bond acceptors (Lipinski definition) is 5. The average molecular weight is 389 g/mol. The fraction of sp³-hybridized carbons (Fsp3) is 0.300. The van der Waals surface area contributed by atoms with E-state index in [4.69, 9.17) is 4.74 Å². The van der Waals surface area contributed by atoms with Gasteiger partial charge in [0.25, 0.3) is 0 Å². The summed E-state index contributed by atoms with van der Waals surface area (Å²) in [5, 5.41) is 4.01. The zero-order valence-corrected chi connectivity index (χ0v) is 15.9. The van der Waals surface area contributed by atoms with Gasteiger partial charge in [0.1, 0.15) is 29.8 Å². The van der Waals surface area contributed by atoms with Crippen LogP contribution in [0.15, 0.2) is 48.8 Å². The molecule has 0 radical (unpaired) electrons. The van der Waals surface area contributed by atoms with Crippen molar-refractivity contribution in [3.05, 3.63) is 54.6 Å². The molecule has 0 unspecified atom stereocenters. The minimum atomic E-state index is -0.295. The number of rotatable bonds is 4. The molecule has 27 heavy (non-hydrogen) atoms. The van der Waals surface area contributed by atoms with Crippen molar-refractivity contribution in [3.8, 4) is 5.75 Å².